The Labute approximate surface area is 80.8 Å². The highest BCUT2D eigenvalue weighted by molar-refractivity contribution is 8.12. The fourth-order valence-electron chi connectivity index (χ4n) is 1.15. The van der Waals surface area contributed by atoms with E-state index < -0.39 is 4.20 Å². The summed E-state index contributed by atoms with van der Waals surface area (Å²) in [5, 5.41) is 12.2. The summed E-state index contributed by atoms with van der Waals surface area (Å²) in [5.41, 5.74) is 1.05. The SMILES string of the molecule is OCC1(S)Nc2ccccc2S1. The molecule has 2 N–H and O–H groups in total. The summed E-state index contributed by atoms with van der Waals surface area (Å²) < 4.78 is -0.538. The zero-order chi connectivity index (χ0) is 8.60. The maximum Gasteiger partial charge on any atom is 0.156 e. The van der Waals surface area contributed by atoms with E-state index in [0.717, 1.165) is 10.6 Å². The number of aliphatic hydroxyl groups is 1. The molecule has 0 saturated carbocycles. The maximum atomic E-state index is 9.04. The van der Waals surface area contributed by atoms with E-state index in [1.54, 1.807) is 11.8 Å². The Hall–Kier alpha value is -0.320. The number of benzene rings is 1. The van der Waals surface area contributed by atoms with Crippen molar-refractivity contribution in [2.24, 2.45) is 0 Å². The van der Waals surface area contributed by atoms with E-state index in [1.807, 2.05) is 24.3 Å². The Morgan fingerprint density at radius 1 is 1.50 bits per heavy atom. The van der Waals surface area contributed by atoms with Crippen LogP contribution in [0, 0.1) is 0 Å². The molecule has 4 heteroatoms. The van der Waals surface area contributed by atoms with Crippen LogP contribution in [0.15, 0.2) is 29.2 Å². The molecule has 64 valence electrons. The normalized spacial score (nSPS) is 26.5. The minimum Gasteiger partial charge on any atom is -0.392 e. The summed E-state index contributed by atoms with van der Waals surface area (Å²) in [5.74, 6) is 0. The van der Waals surface area contributed by atoms with Gasteiger partial charge in [0.2, 0.25) is 0 Å². The molecule has 0 saturated heterocycles. The van der Waals surface area contributed by atoms with Gasteiger partial charge in [0, 0.05) is 10.6 Å². The van der Waals surface area contributed by atoms with Gasteiger partial charge in [0.1, 0.15) is 0 Å². The van der Waals surface area contributed by atoms with Crippen molar-refractivity contribution < 1.29 is 5.11 Å². The summed E-state index contributed by atoms with van der Waals surface area (Å²) in [6, 6.07) is 7.93. The zero-order valence-corrected chi connectivity index (χ0v) is 8.03. The van der Waals surface area contributed by atoms with Crippen LogP contribution in [0.1, 0.15) is 0 Å². The maximum absolute atomic E-state index is 9.04. The van der Waals surface area contributed by atoms with Crippen molar-refractivity contribution in [2.75, 3.05) is 11.9 Å². The number of nitrogens with one attached hydrogen (secondary N) is 1. The van der Waals surface area contributed by atoms with Gasteiger partial charge in [0.05, 0.1) is 6.61 Å². The first-order valence-corrected chi connectivity index (χ1v) is 4.89. The molecule has 1 aromatic carbocycles. The van der Waals surface area contributed by atoms with Gasteiger partial charge >= 0.3 is 0 Å². The van der Waals surface area contributed by atoms with E-state index in [0.29, 0.717) is 0 Å². The van der Waals surface area contributed by atoms with Gasteiger partial charge in [-0.25, -0.2) is 0 Å². The third-order valence-corrected chi connectivity index (χ3v) is 3.38. The van der Waals surface area contributed by atoms with E-state index >= 15 is 0 Å². The van der Waals surface area contributed by atoms with Crippen LogP contribution in [0.25, 0.3) is 0 Å². The lowest BCUT2D eigenvalue weighted by Gasteiger charge is -2.18. The fraction of sp³-hybridized carbons (Fsp3) is 0.250. The van der Waals surface area contributed by atoms with E-state index in [-0.39, 0.29) is 6.61 Å². The molecule has 0 aliphatic carbocycles. The van der Waals surface area contributed by atoms with Crippen LogP contribution in [-0.2, 0) is 0 Å². The first kappa shape index (κ1) is 8.29. The lowest BCUT2D eigenvalue weighted by Crippen LogP contribution is -2.27. The summed E-state index contributed by atoms with van der Waals surface area (Å²) in [6.07, 6.45) is 0. The number of hydrogen-bond acceptors (Lipinski definition) is 4. The molecular weight excluding hydrogens is 190 g/mol. The first-order valence-electron chi connectivity index (χ1n) is 3.63. The van der Waals surface area contributed by atoms with Gasteiger partial charge in [-0.1, -0.05) is 23.9 Å². The lowest BCUT2D eigenvalue weighted by atomic mass is 10.3. The average Bonchev–Trinajstić information content (AvgIpc) is 2.42. The van der Waals surface area contributed by atoms with Crippen LogP contribution in [0.4, 0.5) is 5.69 Å². The molecule has 1 aromatic rings. The molecule has 2 rings (SSSR count). The predicted octanol–water partition coefficient (Wildman–Crippen LogP) is 1.78. The van der Waals surface area contributed by atoms with Crippen LogP contribution in [0.3, 0.4) is 0 Å². The molecule has 0 amide bonds. The second-order valence-corrected chi connectivity index (χ2v) is 5.07. The summed E-state index contributed by atoms with van der Waals surface area (Å²) in [4.78, 5) is 1.14. The van der Waals surface area contributed by atoms with Crippen molar-refractivity contribution in [3.05, 3.63) is 24.3 Å². The number of anilines is 1. The first-order chi connectivity index (χ1) is 5.73. The molecule has 0 radical (unpaired) electrons. The second-order valence-electron chi connectivity index (χ2n) is 2.67. The number of fused-ring (bicyclic) bond motifs is 1. The van der Waals surface area contributed by atoms with Crippen LogP contribution in [0.5, 0.6) is 0 Å². The molecule has 0 spiro atoms. The quantitative estimate of drug-likeness (QED) is 0.603. The molecule has 0 bridgehead atoms. The highest BCUT2D eigenvalue weighted by Gasteiger charge is 2.33. The molecule has 0 aromatic heterocycles. The lowest BCUT2D eigenvalue weighted by molar-refractivity contribution is 0.294. The molecule has 1 atom stereocenters. The molecule has 2 nitrogen and oxygen atoms in total. The minimum atomic E-state index is -0.538. The van der Waals surface area contributed by atoms with Crippen molar-refractivity contribution in [3.8, 4) is 0 Å². The Morgan fingerprint density at radius 2 is 2.25 bits per heavy atom. The topological polar surface area (TPSA) is 32.3 Å². The molecule has 1 aliphatic rings. The minimum absolute atomic E-state index is 0.00938. The molecule has 12 heavy (non-hydrogen) atoms. The predicted molar refractivity (Wildman–Crippen MR) is 54.7 cm³/mol. The van der Waals surface area contributed by atoms with Gasteiger partial charge < -0.3 is 10.4 Å². The van der Waals surface area contributed by atoms with Crippen molar-refractivity contribution in [1.82, 2.24) is 0 Å². The van der Waals surface area contributed by atoms with Crippen LogP contribution < -0.4 is 5.32 Å². The largest absolute Gasteiger partial charge is 0.392 e. The van der Waals surface area contributed by atoms with Gasteiger partial charge in [-0.2, -0.15) is 0 Å². The van der Waals surface area contributed by atoms with Crippen LogP contribution >= 0.6 is 24.4 Å². The molecule has 1 aliphatic heterocycles. The molecule has 1 heterocycles. The van der Waals surface area contributed by atoms with Crippen molar-refractivity contribution in [1.29, 1.82) is 0 Å². The zero-order valence-electron chi connectivity index (χ0n) is 6.32. The van der Waals surface area contributed by atoms with Crippen molar-refractivity contribution in [2.45, 2.75) is 9.10 Å². The van der Waals surface area contributed by atoms with E-state index in [1.165, 1.54) is 0 Å². The fourth-order valence-corrected chi connectivity index (χ4v) is 2.53. The van der Waals surface area contributed by atoms with E-state index in [9.17, 15) is 0 Å². The summed E-state index contributed by atoms with van der Waals surface area (Å²) >= 11 is 5.87. The van der Waals surface area contributed by atoms with E-state index in [2.05, 4.69) is 17.9 Å². The van der Waals surface area contributed by atoms with Crippen molar-refractivity contribution in [3.63, 3.8) is 0 Å². The number of aliphatic hydroxyl groups excluding tert-OH is 1. The highest BCUT2D eigenvalue weighted by Crippen LogP contribution is 2.46. The molecule has 1 unspecified atom stereocenters. The number of thioether (sulfide) groups is 1. The number of hydrogen-bond donors (Lipinski definition) is 3. The van der Waals surface area contributed by atoms with E-state index in [4.69, 9.17) is 5.11 Å². The van der Waals surface area contributed by atoms with Gasteiger partial charge in [-0.3, -0.25) is 0 Å². The average molecular weight is 199 g/mol. The molecule has 0 fully saturated rings. The van der Waals surface area contributed by atoms with Crippen LogP contribution in [0.2, 0.25) is 0 Å². The van der Waals surface area contributed by atoms with Gasteiger partial charge in [0.25, 0.3) is 0 Å². The number of thiol groups is 1. The summed E-state index contributed by atoms with van der Waals surface area (Å²) in [6.45, 7) is 0.00938. The number of para-hydroxylation sites is 1. The second kappa shape index (κ2) is 2.87. The third kappa shape index (κ3) is 1.30. The van der Waals surface area contributed by atoms with Gasteiger partial charge in [0.15, 0.2) is 4.20 Å². The number of rotatable bonds is 1. The standard InChI is InChI=1S/C8H9NOS2/c10-5-8(11)9-6-3-1-2-4-7(6)12-8/h1-4,9-11H,5H2. The Bertz CT molecular complexity index is 278. The van der Waals surface area contributed by atoms with Gasteiger partial charge in [-0.15, -0.1) is 12.6 Å². The van der Waals surface area contributed by atoms with Crippen molar-refractivity contribution >= 4 is 30.1 Å². The Morgan fingerprint density at radius 3 is 2.92 bits per heavy atom. The Balaban J connectivity index is 2.33. The monoisotopic (exact) mass is 199 g/mol. The molecular formula is C8H9NOS2. The highest BCUT2D eigenvalue weighted by atomic mass is 32.2. The Kier molecular flexibility index (Phi) is 1.98. The summed E-state index contributed by atoms with van der Waals surface area (Å²) in [7, 11) is 0. The van der Waals surface area contributed by atoms with Gasteiger partial charge in [-0.05, 0) is 12.1 Å². The smallest absolute Gasteiger partial charge is 0.156 e. The van der Waals surface area contributed by atoms with Crippen LogP contribution in [-0.4, -0.2) is 15.9 Å². The third-order valence-electron chi connectivity index (χ3n) is 1.71.